The minimum absolute atomic E-state index is 0.380. The number of nitrogens with one attached hydrogen (secondary N) is 1. The van der Waals surface area contributed by atoms with Gasteiger partial charge in [0.25, 0.3) is 0 Å². The third-order valence-corrected chi connectivity index (χ3v) is 3.88. The molecule has 1 fully saturated rings. The Morgan fingerprint density at radius 2 is 1.87 bits per heavy atom. The van der Waals surface area contributed by atoms with Crippen LogP contribution < -0.4 is 22.0 Å². The van der Waals surface area contributed by atoms with E-state index in [1.807, 2.05) is 0 Å². The van der Waals surface area contributed by atoms with E-state index < -0.39 is 11.8 Å². The third-order valence-electron chi connectivity index (χ3n) is 3.88. The zero-order chi connectivity index (χ0) is 16.7. The Morgan fingerprint density at radius 3 is 2.52 bits per heavy atom. The number of rotatable bonds is 5. The highest BCUT2D eigenvalue weighted by Crippen LogP contribution is 2.09. The van der Waals surface area contributed by atoms with E-state index in [-0.39, 0.29) is 0 Å². The van der Waals surface area contributed by atoms with Crippen molar-refractivity contribution in [3.63, 3.8) is 0 Å². The summed E-state index contributed by atoms with van der Waals surface area (Å²) in [5.74, 6) is 10.4. The molecule has 1 saturated heterocycles. The minimum Gasteiger partial charge on any atom is -0.370 e. The van der Waals surface area contributed by atoms with Gasteiger partial charge < -0.3 is 10.1 Å². The number of carbonyl (C=O) groups is 2. The first-order valence-electron chi connectivity index (χ1n) is 7.66. The van der Waals surface area contributed by atoms with Crippen molar-refractivity contribution in [2.24, 2.45) is 11.7 Å². The standard InChI is InChI=1S/C15H23N5O3/c16-19(13-5-2-1-3-6-13)15(22)14(21)18-7-4-8-20(17)9-11-23-12-10-20/h1-3,5-6H,4,7-12,16-17H2/p+1. The van der Waals surface area contributed by atoms with Crippen LogP contribution >= 0.6 is 0 Å². The zero-order valence-electron chi connectivity index (χ0n) is 13.1. The molecule has 5 N–H and O–H groups in total. The third kappa shape index (κ3) is 5.00. The maximum atomic E-state index is 11.9. The summed E-state index contributed by atoms with van der Waals surface area (Å²) in [6.07, 6.45) is 0.686. The fourth-order valence-electron chi connectivity index (χ4n) is 2.42. The number of carbonyl (C=O) groups excluding carboxylic acids is 2. The second-order valence-electron chi connectivity index (χ2n) is 5.62. The molecule has 1 aliphatic rings. The maximum absolute atomic E-state index is 11.9. The van der Waals surface area contributed by atoms with Crippen LogP contribution in [0.4, 0.5) is 5.69 Å². The largest absolute Gasteiger partial charge is 0.370 e. The number of anilines is 1. The van der Waals surface area contributed by atoms with Crippen LogP contribution in [0.2, 0.25) is 0 Å². The predicted octanol–water partition coefficient (Wildman–Crippen LogP) is -0.880. The van der Waals surface area contributed by atoms with E-state index in [2.05, 4.69) is 5.32 Å². The van der Waals surface area contributed by atoms with Crippen molar-refractivity contribution in [1.29, 1.82) is 0 Å². The van der Waals surface area contributed by atoms with Crippen LogP contribution in [0.5, 0.6) is 0 Å². The lowest BCUT2D eigenvalue weighted by Crippen LogP contribution is -2.61. The fourth-order valence-corrected chi connectivity index (χ4v) is 2.42. The fraction of sp³-hybridized carbons (Fsp3) is 0.467. The molecular formula is C15H24N5O3+. The first kappa shape index (κ1) is 17.4. The van der Waals surface area contributed by atoms with E-state index in [1.54, 1.807) is 30.3 Å². The van der Waals surface area contributed by atoms with Crippen LogP contribution in [-0.2, 0) is 14.3 Å². The van der Waals surface area contributed by atoms with E-state index >= 15 is 0 Å². The van der Waals surface area contributed by atoms with Crippen molar-refractivity contribution < 1.29 is 18.9 Å². The Morgan fingerprint density at radius 1 is 1.22 bits per heavy atom. The molecule has 126 valence electrons. The van der Waals surface area contributed by atoms with E-state index in [0.29, 0.717) is 36.5 Å². The number of morpholine rings is 1. The van der Waals surface area contributed by atoms with E-state index in [0.717, 1.165) is 24.6 Å². The molecule has 1 aliphatic heterocycles. The summed E-state index contributed by atoms with van der Waals surface area (Å²) in [4.78, 5) is 23.8. The van der Waals surface area contributed by atoms with Crippen LogP contribution in [0.1, 0.15) is 6.42 Å². The van der Waals surface area contributed by atoms with Crippen molar-refractivity contribution in [1.82, 2.24) is 5.32 Å². The molecule has 0 spiro atoms. The van der Waals surface area contributed by atoms with Crippen molar-refractivity contribution in [2.75, 3.05) is 44.4 Å². The summed E-state index contributed by atoms with van der Waals surface area (Å²) >= 11 is 0. The summed E-state index contributed by atoms with van der Waals surface area (Å²) in [5, 5.41) is 3.42. The lowest BCUT2D eigenvalue weighted by molar-refractivity contribution is -0.946. The van der Waals surface area contributed by atoms with Gasteiger partial charge >= 0.3 is 11.8 Å². The van der Waals surface area contributed by atoms with Gasteiger partial charge in [0.2, 0.25) is 0 Å². The first-order valence-corrected chi connectivity index (χ1v) is 7.66. The van der Waals surface area contributed by atoms with E-state index in [4.69, 9.17) is 16.4 Å². The number of nitrogens with zero attached hydrogens (tertiary/aromatic N) is 2. The van der Waals surface area contributed by atoms with Crippen molar-refractivity contribution in [3.05, 3.63) is 30.3 Å². The molecule has 23 heavy (non-hydrogen) atoms. The maximum Gasteiger partial charge on any atom is 0.330 e. The Balaban J connectivity index is 1.73. The lowest BCUT2D eigenvalue weighted by atomic mass is 10.3. The van der Waals surface area contributed by atoms with E-state index in [9.17, 15) is 9.59 Å². The van der Waals surface area contributed by atoms with Gasteiger partial charge in [-0.1, -0.05) is 18.2 Å². The quantitative estimate of drug-likeness (QED) is 0.163. The van der Waals surface area contributed by atoms with Gasteiger partial charge in [0.05, 0.1) is 25.4 Å². The second-order valence-corrected chi connectivity index (χ2v) is 5.62. The average molecular weight is 322 g/mol. The molecule has 8 heteroatoms. The second kappa shape index (κ2) is 8.02. The van der Waals surface area contributed by atoms with Gasteiger partial charge in [-0.3, -0.25) is 9.59 Å². The van der Waals surface area contributed by atoms with Crippen molar-refractivity contribution in [2.45, 2.75) is 6.42 Å². The Labute approximate surface area is 135 Å². The summed E-state index contributed by atoms with van der Waals surface area (Å²) in [7, 11) is 0. The van der Waals surface area contributed by atoms with Crippen LogP contribution in [0, 0.1) is 0 Å². The molecular weight excluding hydrogens is 298 g/mol. The predicted molar refractivity (Wildman–Crippen MR) is 85.6 cm³/mol. The highest BCUT2D eigenvalue weighted by Gasteiger charge is 2.26. The SMILES string of the molecule is NN(C(=O)C(=O)NCCC[N+]1(N)CCOCC1)c1ccccc1. The number of hydrazine groups is 1. The van der Waals surface area contributed by atoms with Gasteiger partial charge in [-0.05, 0) is 12.1 Å². The molecule has 0 saturated carbocycles. The van der Waals surface area contributed by atoms with E-state index in [1.165, 1.54) is 0 Å². The number of hydrogen-bond donors (Lipinski definition) is 3. The molecule has 1 heterocycles. The van der Waals surface area contributed by atoms with Crippen LogP contribution in [0.3, 0.4) is 0 Å². The number of benzene rings is 1. The number of para-hydroxylation sites is 1. The van der Waals surface area contributed by atoms with Gasteiger partial charge in [-0.15, -0.1) is 0 Å². The number of ether oxygens (including phenoxy) is 1. The summed E-state index contributed by atoms with van der Waals surface area (Å²) in [6.45, 7) is 3.93. The number of nitrogens with two attached hydrogens (primary N) is 2. The summed E-state index contributed by atoms with van der Waals surface area (Å²) < 4.78 is 5.72. The van der Waals surface area contributed by atoms with Crippen molar-refractivity contribution >= 4 is 17.5 Å². The molecule has 0 radical (unpaired) electrons. The van der Waals surface area contributed by atoms with Gasteiger partial charge in [-0.2, -0.15) is 5.84 Å². The molecule has 0 bridgehead atoms. The summed E-state index contributed by atoms with van der Waals surface area (Å²) in [5.41, 5.74) is 0.465. The normalized spacial score (nSPS) is 16.6. The summed E-state index contributed by atoms with van der Waals surface area (Å²) in [6, 6.07) is 8.61. The zero-order valence-corrected chi connectivity index (χ0v) is 13.1. The number of amides is 2. The molecule has 0 aliphatic carbocycles. The molecule has 2 rings (SSSR count). The average Bonchev–Trinajstić information content (AvgIpc) is 2.58. The minimum atomic E-state index is -0.792. The molecule has 2 amide bonds. The van der Waals surface area contributed by atoms with Gasteiger partial charge in [0.1, 0.15) is 13.1 Å². The molecule has 1 aromatic carbocycles. The smallest absolute Gasteiger partial charge is 0.330 e. The Bertz CT molecular complexity index is 531. The van der Waals surface area contributed by atoms with Gasteiger partial charge in [0.15, 0.2) is 0 Å². The van der Waals surface area contributed by atoms with Gasteiger partial charge in [0, 0.05) is 13.0 Å². The highest BCUT2D eigenvalue weighted by atomic mass is 16.5. The van der Waals surface area contributed by atoms with Crippen LogP contribution in [-0.4, -0.2) is 55.8 Å². The Hall–Kier alpha value is -2.00. The molecule has 0 unspecified atom stereocenters. The number of hydrogen-bond acceptors (Lipinski definition) is 5. The monoisotopic (exact) mass is 322 g/mol. The Kier molecular flexibility index (Phi) is 6.05. The molecule has 1 aromatic rings. The lowest BCUT2D eigenvalue weighted by Gasteiger charge is -2.35. The molecule has 0 aromatic heterocycles. The van der Waals surface area contributed by atoms with Crippen LogP contribution in [0.25, 0.3) is 0 Å². The topological polar surface area (TPSA) is 111 Å². The highest BCUT2D eigenvalue weighted by molar-refractivity contribution is 6.40. The molecule has 8 nitrogen and oxygen atoms in total. The first-order chi connectivity index (χ1) is 11.0. The van der Waals surface area contributed by atoms with Crippen LogP contribution in [0.15, 0.2) is 30.3 Å². The number of quaternary nitrogens is 1. The van der Waals surface area contributed by atoms with Gasteiger partial charge in [-0.25, -0.2) is 15.4 Å². The molecule has 0 atom stereocenters. The van der Waals surface area contributed by atoms with Crippen molar-refractivity contribution in [3.8, 4) is 0 Å².